The van der Waals surface area contributed by atoms with Crippen LogP contribution in [0.5, 0.6) is 0 Å². The zero-order valence-electron chi connectivity index (χ0n) is 16.5. The lowest BCUT2D eigenvalue weighted by Gasteiger charge is -2.32. The molecule has 3 rings (SSSR count). The van der Waals surface area contributed by atoms with Crippen LogP contribution < -0.4 is 5.32 Å². The molecular formula is C20H28N4O3S. The van der Waals surface area contributed by atoms with Crippen molar-refractivity contribution < 1.29 is 14.0 Å². The Morgan fingerprint density at radius 3 is 3.04 bits per heavy atom. The average Bonchev–Trinajstić information content (AvgIpc) is 3.38. The first-order chi connectivity index (χ1) is 13.6. The van der Waals surface area contributed by atoms with Crippen molar-refractivity contribution in [3.05, 3.63) is 22.7 Å². The van der Waals surface area contributed by atoms with Crippen LogP contribution in [0.25, 0.3) is 11.5 Å². The zero-order chi connectivity index (χ0) is 19.9. The molecule has 2 amide bonds. The van der Waals surface area contributed by atoms with Gasteiger partial charge in [-0.25, -0.2) is 0 Å². The lowest BCUT2D eigenvalue weighted by molar-refractivity contribution is -0.135. The molecule has 7 nitrogen and oxygen atoms in total. The molecule has 0 spiro atoms. The van der Waals surface area contributed by atoms with E-state index in [1.807, 2.05) is 23.8 Å². The summed E-state index contributed by atoms with van der Waals surface area (Å²) in [7, 11) is 0. The Morgan fingerprint density at radius 2 is 2.29 bits per heavy atom. The Hall–Kier alpha value is -2.22. The minimum Gasteiger partial charge on any atom is -0.421 e. The zero-order valence-corrected chi connectivity index (χ0v) is 17.3. The Morgan fingerprint density at radius 1 is 1.43 bits per heavy atom. The highest BCUT2D eigenvalue weighted by Gasteiger charge is 2.29. The summed E-state index contributed by atoms with van der Waals surface area (Å²) in [4.78, 5) is 26.9. The van der Waals surface area contributed by atoms with Gasteiger partial charge in [0.15, 0.2) is 0 Å². The molecule has 8 heteroatoms. The highest BCUT2D eigenvalue weighted by atomic mass is 32.1. The Kier molecular flexibility index (Phi) is 7.19. The van der Waals surface area contributed by atoms with Crippen molar-refractivity contribution in [3.8, 4) is 11.5 Å². The largest absolute Gasteiger partial charge is 0.421 e. The highest BCUT2D eigenvalue weighted by molar-refractivity contribution is 7.08. The van der Waals surface area contributed by atoms with Crippen LogP contribution in [0.3, 0.4) is 0 Å². The van der Waals surface area contributed by atoms with Gasteiger partial charge in [0, 0.05) is 42.9 Å². The molecule has 0 aromatic carbocycles. The second kappa shape index (κ2) is 9.82. The van der Waals surface area contributed by atoms with Gasteiger partial charge in [0.1, 0.15) is 0 Å². The maximum Gasteiger partial charge on any atom is 0.248 e. The van der Waals surface area contributed by atoms with Crippen LogP contribution in [0, 0.1) is 5.92 Å². The fraction of sp³-hybridized carbons (Fsp3) is 0.600. The number of nitrogens with zero attached hydrogens (tertiary/aromatic N) is 3. The minimum atomic E-state index is -0.120. The summed E-state index contributed by atoms with van der Waals surface area (Å²) in [6.07, 6.45) is 4.43. The molecule has 1 aliphatic rings. The number of likely N-dealkylation sites (tertiary alicyclic amines) is 1. The second-order valence-corrected chi connectivity index (χ2v) is 8.17. The Labute approximate surface area is 169 Å². The summed E-state index contributed by atoms with van der Waals surface area (Å²) in [5.74, 6) is 0.935. The lowest BCUT2D eigenvalue weighted by Crippen LogP contribution is -2.47. The van der Waals surface area contributed by atoms with Crippen molar-refractivity contribution in [2.45, 2.75) is 58.4 Å². The lowest BCUT2D eigenvalue weighted by atomic mass is 9.96. The summed E-state index contributed by atoms with van der Waals surface area (Å²) >= 11 is 1.57. The summed E-state index contributed by atoms with van der Waals surface area (Å²) in [6, 6.07) is 2.10. The highest BCUT2D eigenvalue weighted by Crippen LogP contribution is 2.22. The van der Waals surface area contributed by atoms with E-state index in [1.54, 1.807) is 16.2 Å². The molecule has 0 saturated carbocycles. The van der Waals surface area contributed by atoms with Crippen molar-refractivity contribution >= 4 is 23.2 Å². The van der Waals surface area contributed by atoms with E-state index >= 15 is 0 Å². The van der Waals surface area contributed by atoms with Gasteiger partial charge in [-0.2, -0.15) is 11.3 Å². The normalized spacial score (nSPS) is 18.1. The van der Waals surface area contributed by atoms with Gasteiger partial charge in [-0.1, -0.05) is 13.3 Å². The summed E-state index contributed by atoms with van der Waals surface area (Å²) in [5, 5.41) is 15.0. The number of nitrogens with one attached hydrogen (secondary N) is 1. The van der Waals surface area contributed by atoms with Gasteiger partial charge in [0.25, 0.3) is 0 Å². The van der Waals surface area contributed by atoms with Crippen molar-refractivity contribution in [2.75, 3.05) is 13.1 Å². The molecular weight excluding hydrogens is 376 g/mol. The van der Waals surface area contributed by atoms with Crippen molar-refractivity contribution in [1.82, 2.24) is 20.4 Å². The maximum atomic E-state index is 12.6. The van der Waals surface area contributed by atoms with E-state index in [4.69, 9.17) is 4.42 Å². The molecule has 0 unspecified atom stereocenters. The van der Waals surface area contributed by atoms with Crippen molar-refractivity contribution in [1.29, 1.82) is 0 Å². The third kappa shape index (κ3) is 5.41. The summed E-state index contributed by atoms with van der Waals surface area (Å²) in [6.45, 7) is 5.34. The van der Waals surface area contributed by atoms with E-state index < -0.39 is 0 Å². The first-order valence-corrected chi connectivity index (χ1v) is 10.9. The molecule has 2 aromatic rings. The van der Waals surface area contributed by atoms with Gasteiger partial charge in [-0.15, -0.1) is 10.2 Å². The van der Waals surface area contributed by atoms with Gasteiger partial charge in [-0.3, -0.25) is 9.59 Å². The molecule has 1 fully saturated rings. The molecule has 1 aliphatic heterocycles. The van der Waals surface area contributed by atoms with E-state index in [0.717, 1.165) is 31.2 Å². The number of aromatic nitrogens is 2. The number of amides is 2. The first kappa shape index (κ1) is 20.5. The van der Waals surface area contributed by atoms with Gasteiger partial charge >= 0.3 is 0 Å². The molecule has 2 atom stereocenters. The quantitative estimate of drug-likeness (QED) is 0.729. The minimum absolute atomic E-state index is 0.0365. The predicted octanol–water partition coefficient (Wildman–Crippen LogP) is 3.27. The van der Waals surface area contributed by atoms with Crippen LogP contribution in [0.1, 0.15) is 51.8 Å². The smallest absolute Gasteiger partial charge is 0.248 e. The van der Waals surface area contributed by atoms with Gasteiger partial charge < -0.3 is 14.6 Å². The van der Waals surface area contributed by atoms with E-state index in [1.165, 1.54) is 0 Å². The number of aryl methyl sites for hydroxylation is 1. The van der Waals surface area contributed by atoms with Gasteiger partial charge in [0.2, 0.25) is 23.6 Å². The number of carbonyl (C=O) groups is 2. The molecule has 1 saturated heterocycles. The average molecular weight is 405 g/mol. The van der Waals surface area contributed by atoms with Crippen LogP contribution in [-0.4, -0.2) is 46.0 Å². The number of carbonyl (C=O) groups excluding carboxylic acids is 2. The van der Waals surface area contributed by atoms with Crippen LogP contribution in [0.15, 0.2) is 21.2 Å². The second-order valence-electron chi connectivity index (χ2n) is 7.39. The van der Waals surface area contributed by atoms with E-state index in [9.17, 15) is 9.59 Å². The van der Waals surface area contributed by atoms with E-state index in [0.29, 0.717) is 37.7 Å². The number of rotatable bonds is 8. The maximum absolute atomic E-state index is 12.6. The van der Waals surface area contributed by atoms with Gasteiger partial charge in [-0.05, 0) is 37.6 Å². The number of piperidine rings is 1. The molecule has 3 heterocycles. The van der Waals surface area contributed by atoms with Gasteiger partial charge in [0.05, 0.1) is 5.92 Å². The molecule has 28 heavy (non-hydrogen) atoms. The summed E-state index contributed by atoms with van der Waals surface area (Å²) in [5.41, 5.74) is 0.900. The van der Waals surface area contributed by atoms with Crippen molar-refractivity contribution in [3.63, 3.8) is 0 Å². The fourth-order valence-corrected chi connectivity index (χ4v) is 4.14. The molecule has 0 aliphatic carbocycles. The predicted molar refractivity (Wildman–Crippen MR) is 108 cm³/mol. The Bertz CT molecular complexity index is 774. The monoisotopic (exact) mass is 404 g/mol. The fourth-order valence-electron chi connectivity index (χ4n) is 3.51. The molecule has 152 valence electrons. The molecule has 2 aromatic heterocycles. The third-order valence-electron chi connectivity index (χ3n) is 5.04. The van der Waals surface area contributed by atoms with Crippen molar-refractivity contribution in [2.24, 2.45) is 5.92 Å². The van der Waals surface area contributed by atoms with E-state index in [-0.39, 0.29) is 23.8 Å². The topological polar surface area (TPSA) is 88.3 Å². The molecule has 0 radical (unpaired) electrons. The van der Waals surface area contributed by atoms with Crippen LogP contribution in [0.2, 0.25) is 0 Å². The number of hydrogen-bond acceptors (Lipinski definition) is 6. The molecule has 1 N–H and O–H groups in total. The third-order valence-corrected chi connectivity index (χ3v) is 5.73. The SMILES string of the molecule is CCC[C@H](C)NC(=O)[C@@H]1CCCN(C(=O)CCc2nnc(-c3ccsc3)o2)C1. The summed E-state index contributed by atoms with van der Waals surface area (Å²) < 4.78 is 5.64. The molecule has 0 bridgehead atoms. The van der Waals surface area contributed by atoms with Crippen LogP contribution in [-0.2, 0) is 16.0 Å². The van der Waals surface area contributed by atoms with Crippen LogP contribution >= 0.6 is 11.3 Å². The number of hydrogen-bond donors (Lipinski definition) is 1. The Balaban J connectivity index is 1.48. The standard InChI is InChI=1S/C20H28N4O3S/c1-3-5-14(2)21-19(26)15-6-4-10-24(12-15)18(25)8-7-17-22-23-20(27-17)16-9-11-28-13-16/h9,11,13-15H,3-8,10,12H2,1-2H3,(H,21,26)/t14-,15+/m0/s1. The van der Waals surface area contributed by atoms with Crippen LogP contribution in [0.4, 0.5) is 0 Å². The number of thiophene rings is 1. The van der Waals surface area contributed by atoms with E-state index in [2.05, 4.69) is 22.4 Å². The first-order valence-electron chi connectivity index (χ1n) is 10.00.